The maximum absolute atomic E-state index is 13.0. The van der Waals surface area contributed by atoms with Gasteiger partial charge < -0.3 is 0 Å². The van der Waals surface area contributed by atoms with Gasteiger partial charge in [-0.2, -0.15) is 17.6 Å². The molecule has 1 aromatic carbocycles. The summed E-state index contributed by atoms with van der Waals surface area (Å²) in [6.45, 7) is 0. The Hall–Kier alpha value is -0.770. The molecular formula is C10H7ClF4. The Kier molecular flexibility index (Phi) is 2.23. The summed E-state index contributed by atoms with van der Waals surface area (Å²) < 4.78 is 51.3. The number of halogens is 5. The van der Waals surface area contributed by atoms with Gasteiger partial charge in [-0.25, -0.2) is 0 Å². The van der Waals surface area contributed by atoms with Crippen LogP contribution < -0.4 is 0 Å². The van der Waals surface area contributed by atoms with E-state index in [1.807, 2.05) is 0 Å². The van der Waals surface area contributed by atoms with E-state index in [-0.39, 0.29) is 10.6 Å². The molecule has 82 valence electrons. The zero-order valence-electron chi connectivity index (χ0n) is 7.48. The van der Waals surface area contributed by atoms with Crippen LogP contribution in [0.2, 0.25) is 5.02 Å². The van der Waals surface area contributed by atoms with Crippen LogP contribution in [0.1, 0.15) is 17.9 Å². The molecule has 2 rings (SSSR count). The lowest BCUT2D eigenvalue weighted by Crippen LogP contribution is -2.57. The minimum atomic E-state index is -3.99. The first-order valence-corrected chi connectivity index (χ1v) is 4.74. The fraction of sp³-hybridized carbons (Fsp3) is 0.400. The summed E-state index contributed by atoms with van der Waals surface area (Å²) in [6.07, 6.45) is -0.844. The summed E-state index contributed by atoms with van der Waals surface area (Å²) in [7, 11) is 0. The fourth-order valence-corrected chi connectivity index (χ4v) is 1.97. The molecule has 0 spiro atoms. The average Bonchev–Trinajstić information content (AvgIpc) is 2.16. The van der Waals surface area contributed by atoms with Crippen molar-refractivity contribution >= 4 is 11.6 Å². The van der Waals surface area contributed by atoms with Crippen molar-refractivity contribution in [1.82, 2.24) is 0 Å². The highest BCUT2D eigenvalue weighted by Gasteiger charge is 2.72. The molecule has 0 aromatic heterocycles. The Morgan fingerprint density at radius 2 is 1.73 bits per heavy atom. The number of alkyl halides is 4. The van der Waals surface area contributed by atoms with Gasteiger partial charge in [0, 0.05) is 11.4 Å². The van der Waals surface area contributed by atoms with Gasteiger partial charge >= 0.3 is 11.8 Å². The lowest BCUT2D eigenvalue weighted by atomic mass is 9.72. The van der Waals surface area contributed by atoms with E-state index < -0.39 is 24.2 Å². The predicted octanol–water partition coefficient (Wildman–Crippen LogP) is 4.10. The van der Waals surface area contributed by atoms with Gasteiger partial charge in [0.05, 0.1) is 5.92 Å². The highest BCUT2D eigenvalue weighted by molar-refractivity contribution is 6.31. The first-order chi connectivity index (χ1) is 6.86. The standard InChI is InChI=1S/C10H7ClF4/c11-8-4-2-1-3-6(8)7-5-9(12,13)10(7,14)15/h1-4,7H,5H2/t7-/m1/s1. The van der Waals surface area contributed by atoms with Crippen LogP contribution in [0.25, 0.3) is 0 Å². The number of hydrogen-bond donors (Lipinski definition) is 0. The van der Waals surface area contributed by atoms with Gasteiger partial charge in [0.2, 0.25) is 0 Å². The first kappa shape index (κ1) is 10.7. The summed E-state index contributed by atoms with van der Waals surface area (Å²) >= 11 is 5.67. The second kappa shape index (κ2) is 3.11. The van der Waals surface area contributed by atoms with Crippen LogP contribution >= 0.6 is 11.6 Å². The van der Waals surface area contributed by atoms with Gasteiger partial charge in [-0.3, -0.25) is 0 Å². The van der Waals surface area contributed by atoms with E-state index >= 15 is 0 Å². The fourth-order valence-electron chi connectivity index (χ4n) is 1.71. The van der Waals surface area contributed by atoms with E-state index in [0.717, 1.165) is 0 Å². The smallest absolute Gasteiger partial charge is 0.200 e. The molecule has 0 heterocycles. The van der Waals surface area contributed by atoms with E-state index in [4.69, 9.17) is 11.6 Å². The zero-order valence-corrected chi connectivity index (χ0v) is 8.24. The second-order valence-corrected chi connectivity index (χ2v) is 4.01. The van der Waals surface area contributed by atoms with Crippen LogP contribution in [-0.2, 0) is 0 Å². The van der Waals surface area contributed by atoms with E-state index in [1.165, 1.54) is 18.2 Å². The summed E-state index contributed by atoms with van der Waals surface area (Å²) in [5.74, 6) is -9.37. The zero-order chi connectivity index (χ0) is 11.3. The molecule has 0 saturated heterocycles. The van der Waals surface area contributed by atoms with Gasteiger partial charge in [-0.15, -0.1) is 0 Å². The quantitative estimate of drug-likeness (QED) is 0.646. The van der Waals surface area contributed by atoms with Crippen molar-refractivity contribution in [1.29, 1.82) is 0 Å². The minimum Gasteiger partial charge on any atom is -0.200 e. The summed E-state index contributed by atoms with van der Waals surface area (Å²) in [4.78, 5) is 0. The van der Waals surface area contributed by atoms with Crippen LogP contribution in [0.5, 0.6) is 0 Å². The molecule has 1 saturated carbocycles. The third-order valence-corrected chi connectivity index (χ3v) is 3.01. The maximum atomic E-state index is 13.0. The van der Waals surface area contributed by atoms with Crippen molar-refractivity contribution in [3.63, 3.8) is 0 Å². The number of hydrogen-bond acceptors (Lipinski definition) is 0. The molecule has 0 amide bonds. The SMILES string of the molecule is FC1(F)C[C@H](c2ccccc2Cl)C1(F)F. The summed E-state index contributed by atoms with van der Waals surface area (Å²) in [5, 5.41) is 0.109. The Morgan fingerprint density at radius 3 is 2.20 bits per heavy atom. The van der Waals surface area contributed by atoms with Crippen molar-refractivity contribution in [2.75, 3.05) is 0 Å². The molecule has 1 aliphatic rings. The Labute approximate surface area is 88.9 Å². The van der Waals surface area contributed by atoms with Crippen molar-refractivity contribution in [2.24, 2.45) is 0 Å². The van der Waals surface area contributed by atoms with Crippen molar-refractivity contribution in [3.8, 4) is 0 Å². The molecule has 0 unspecified atom stereocenters. The minimum absolute atomic E-state index is 0.0927. The lowest BCUT2D eigenvalue weighted by molar-refractivity contribution is -0.290. The molecule has 0 bridgehead atoms. The van der Waals surface area contributed by atoms with E-state index in [9.17, 15) is 17.6 Å². The highest BCUT2D eigenvalue weighted by atomic mass is 35.5. The molecule has 0 N–H and O–H groups in total. The maximum Gasteiger partial charge on any atom is 0.317 e. The monoisotopic (exact) mass is 238 g/mol. The van der Waals surface area contributed by atoms with Crippen LogP contribution in [0, 0.1) is 0 Å². The Morgan fingerprint density at radius 1 is 1.13 bits per heavy atom. The molecule has 15 heavy (non-hydrogen) atoms. The van der Waals surface area contributed by atoms with Crippen molar-refractivity contribution < 1.29 is 17.6 Å². The molecule has 5 heteroatoms. The van der Waals surface area contributed by atoms with Gasteiger partial charge in [-0.05, 0) is 11.6 Å². The van der Waals surface area contributed by atoms with Crippen molar-refractivity contribution in [3.05, 3.63) is 34.9 Å². The van der Waals surface area contributed by atoms with E-state index in [2.05, 4.69) is 0 Å². The molecular weight excluding hydrogens is 232 g/mol. The van der Waals surface area contributed by atoms with Crippen LogP contribution in [0.15, 0.2) is 24.3 Å². The van der Waals surface area contributed by atoms with Crippen LogP contribution in [0.4, 0.5) is 17.6 Å². The third kappa shape index (κ3) is 1.42. The molecule has 1 fully saturated rings. The molecule has 0 aliphatic heterocycles. The predicted molar refractivity (Wildman–Crippen MR) is 48.7 cm³/mol. The molecule has 0 nitrogen and oxygen atoms in total. The summed E-state index contributed by atoms with van der Waals surface area (Å²) in [6, 6.07) is 5.86. The molecule has 1 aromatic rings. The van der Waals surface area contributed by atoms with Crippen LogP contribution in [-0.4, -0.2) is 11.8 Å². The average molecular weight is 239 g/mol. The number of rotatable bonds is 1. The van der Waals surface area contributed by atoms with Crippen molar-refractivity contribution in [2.45, 2.75) is 24.2 Å². The highest BCUT2D eigenvalue weighted by Crippen LogP contribution is 2.60. The molecule has 1 atom stereocenters. The normalized spacial score (nSPS) is 27.1. The molecule has 1 aliphatic carbocycles. The van der Waals surface area contributed by atoms with Gasteiger partial charge in [0.25, 0.3) is 0 Å². The lowest BCUT2D eigenvalue weighted by Gasteiger charge is -2.44. The van der Waals surface area contributed by atoms with E-state index in [0.29, 0.717) is 0 Å². The second-order valence-electron chi connectivity index (χ2n) is 3.61. The first-order valence-electron chi connectivity index (χ1n) is 4.36. The Balaban J connectivity index is 2.33. The van der Waals surface area contributed by atoms with Gasteiger partial charge in [0.1, 0.15) is 0 Å². The molecule has 0 radical (unpaired) electrons. The number of benzene rings is 1. The van der Waals surface area contributed by atoms with Gasteiger partial charge in [-0.1, -0.05) is 29.8 Å². The van der Waals surface area contributed by atoms with Crippen LogP contribution in [0.3, 0.4) is 0 Å². The van der Waals surface area contributed by atoms with E-state index in [1.54, 1.807) is 6.07 Å². The third-order valence-electron chi connectivity index (χ3n) is 2.67. The van der Waals surface area contributed by atoms with Gasteiger partial charge in [0.15, 0.2) is 0 Å². The topological polar surface area (TPSA) is 0 Å². The summed E-state index contributed by atoms with van der Waals surface area (Å²) in [5.41, 5.74) is 0.0927. The largest absolute Gasteiger partial charge is 0.317 e. The Bertz CT molecular complexity index is 389.